The predicted molar refractivity (Wildman–Crippen MR) is 91.4 cm³/mol. The Labute approximate surface area is 144 Å². The number of pyridine rings is 1. The number of nitrogens with one attached hydrogen (secondary N) is 1. The van der Waals surface area contributed by atoms with E-state index in [0.717, 1.165) is 19.4 Å². The first-order valence-corrected chi connectivity index (χ1v) is 8.12. The van der Waals surface area contributed by atoms with Crippen LogP contribution in [-0.4, -0.2) is 41.2 Å². The number of nitro groups is 1. The summed E-state index contributed by atoms with van der Waals surface area (Å²) in [6.45, 7) is 2.77. The zero-order chi connectivity index (χ0) is 17.8. The van der Waals surface area contributed by atoms with Crippen LogP contribution in [0.4, 0.5) is 11.4 Å². The van der Waals surface area contributed by atoms with Crippen molar-refractivity contribution in [1.29, 1.82) is 0 Å². The molecule has 8 nitrogen and oxygen atoms in total. The molecule has 0 bridgehead atoms. The van der Waals surface area contributed by atoms with Gasteiger partial charge in [-0.2, -0.15) is 0 Å². The van der Waals surface area contributed by atoms with Gasteiger partial charge in [0.05, 0.1) is 23.3 Å². The van der Waals surface area contributed by atoms with Gasteiger partial charge in [-0.3, -0.25) is 14.9 Å². The quantitative estimate of drug-likeness (QED) is 0.637. The number of nitrogens with zero attached hydrogens (tertiary/aromatic N) is 2. The van der Waals surface area contributed by atoms with Crippen molar-refractivity contribution in [2.24, 2.45) is 0 Å². The van der Waals surface area contributed by atoms with Crippen LogP contribution >= 0.6 is 0 Å². The molecular weight excluding hydrogens is 326 g/mol. The lowest BCUT2D eigenvalue weighted by molar-refractivity contribution is -0.383. The second-order valence-corrected chi connectivity index (χ2v) is 5.89. The largest absolute Gasteiger partial charge is 0.376 e. The van der Waals surface area contributed by atoms with E-state index in [1.807, 2.05) is 0 Å². The molecule has 1 aliphatic rings. The van der Waals surface area contributed by atoms with Crippen LogP contribution < -0.4 is 5.32 Å². The number of non-ortho nitro benzene ring substituents is 1. The fourth-order valence-corrected chi connectivity index (χ4v) is 2.75. The molecule has 0 radical (unpaired) electrons. The van der Waals surface area contributed by atoms with Crippen LogP contribution in [0.5, 0.6) is 0 Å². The van der Waals surface area contributed by atoms with Gasteiger partial charge in [-0.15, -0.1) is 0 Å². The normalized spacial score (nSPS) is 18.2. The first-order chi connectivity index (χ1) is 12.1. The number of aromatic nitrogens is 1. The monoisotopic (exact) mass is 345 g/mol. The molecule has 1 fully saturated rings. The third kappa shape index (κ3) is 3.92. The smallest absolute Gasteiger partial charge is 0.295 e. The molecule has 25 heavy (non-hydrogen) atoms. The number of carbonyl (C=O) groups is 1. The van der Waals surface area contributed by atoms with Gasteiger partial charge in [0, 0.05) is 24.3 Å². The zero-order valence-corrected chi connectivity index (χ0v) is 13.8. The lowest BCUT2D eigenvalue weighted by Crippen LogP contribution is -2.30. The Kier molecular flexibility index (Phi) is 5.20. The summed E-state index contributed by atoms with van der Waals surface area (Å²) in [6.07, 6.45) is 2.81. The molecule has 0 aliphatic carbocycles. The summed E-state index contributed by atoms with van der Waals surface area (Å²) in [5.41, 5.74) is 0.598. The fraction of sp³-hybridized carbons (Fsp3) is 0.412. The van der Waals surface area contributed by atoms with Gasteiger partial charge in [-0.25, -0.2) is 4.98 Å². The third-order valence-electron chi connectivity index (χ3n) is 4.13. The Morgan fingerprint density at radius 2 is 2.36 bits per heavy atom. The highest BCUT2D eigenvalue weighted by Gasteiger charge is 2.21. The molecule has 1 aromatic carbocycles. The van der Waals surface area contributed by atoms with Crippen LogP contribution in [0.25, 0.3) is 10.9 Å². The van der Waals surface area contributed by atoms with Crippen molar-refractivity contribution in [3.8, 4) is 0 Å². The minimum absolute atomic E-state index is 0.0413. The Morgan fingerprint density at radius 3 is 3.08 bits per heavy atom. The van der Waals surface area contributed by atoms with Crippen molar-refractivity contribution in [3.05, 3.63) is 40.6 Å². The van der Waals surface area contributed by atoms with Gasteiger partial charge in [-0.05, 0) is 38.0 Å². The van der Waals surface area contributed by atoms with E-state index in [4.69, 9.17) is 9.47 Å². The van der Waals surface area contributed by atoms with Crippen molar-refractivity contribution in [3.63, 3.8) is 0 Å². The van der Waals surface area contributed by atoms with Crippen LogP contribution in [0.3, 0.4) is 0 Å². The highest BCUT2D eigenvalue weighted by Crippen LogP contribution is 2.29. The van der Waals surface area contributed by atoms with E-state index in [0.29, 0.717) is 17.7 Å². The fourth-order valence-electron chi connectivity index (χ4n) is 2.75. The predicted octanol–water partition coefficient (Wildman–Crippen LogP) is 2.67. The van der Waals surface area contributed by atoms with E-state index in [1.165, 1.54) is 18.3 Å². The highest BCUT2D eigenvalue weighted by molar-refractivity contribution is 6.04. The van der Waals surface area contributed by atoms with Crippen LogP contribution in [0, 0.1) is 10.1 Å². The van der Waals surface area contributed by atoms with Crippen LogP contribution in [0.2, 0.25) is 0 Å². The minimum Gasteiger partial charge on any atom is -0.376 e. The summed E-state index contributed by atoms with van der Waals surface area (Å²) in [4.78, 5) is 27.0. The Bertz CT molecular complexity index is 789. The average Bonchev–Trinajstić information content (AvgIpc) is 3.13. The molecule has 0 unspecified atom stereocenters. The maximum atomic E-state index is 12.3. The van der Waals surface area contributed by atoms with Crippen molar-refractivity contribution < 1.29 is 19.2 Å². The topological polar surface area (TPSA) is 104 Å². The number of ether oxygens (including phenoxy) is 2. The summed E-state index contributed by atoms with van der Waals surface area (Å²) in [5, 5.41) is 14.4. The first-order valence-electron chi connectivity index (χ1n) is 8.12. The number of amides is 1. The summed E-state index contributed by atoms with van der Waals surface area (Å²) in [6, 6.07) is 6.19. The molecule has 8 heteroatoms. The molecule has 2 heterocycles. The number of fused-ring (bicyclic) bond motifs is 1. The first kappa shape index (κ1) is 17.2. The van der Waals surface area contributed by atoms with Crippen LogP contribution in [0.15, 0.2) is 30.5 Å². The third-order valence-corrected chi connectivity index (χ3v) is 4.13. The van der Waals surface area contributed by atoms with Crippen molar-refractivity contribution in [2.45, 2.75) is 32.0 Å². The number of nitro benzene ring substituents is 1. The Hall–Kier alpha value is -2.58. The van der Waals surface area contributed by atoms with Gasteiger partial charge in [0.25, 0.3) is 11.6 Å². The molecule has 2 aromatic rings. The molecule has 0 spiro atoms. The van der Waals surface area contributed by atoms with Gasteiger partial charge in [0.15, 0.2) is 0 Å². The highest BCUT2D eigenvalue weighted by atomic mass is 16.6. The SMILES string of the molecule is C[C@@H](OC[C@@H]1CCCO1)C(=O)Nc1ccc([N+](=O)[O-])c2ncccc12. The van der Waals surface area contributed by atoms with E-state index in [2.05, 4.69) is 10.3 Å². The number of anilines is 1. The number of rotatable bonds is 6. The average molecular weight is 345 g/mol. The van der Waals surface area contributed by atoms with E-state index in [-0.39, 0.29) is 23.2 Å². The summed E-state index contributed by atoms with van der Waals surface area (Å²) in [5.74, 6) is -0.322. The lowest BCUT2D eigenvalue weighted by Gasteiger charge is -2.16. The van der Waals surface area contributed by atoms with Gasteiger partial charge in [-0.1, -0.05) is 0 Å². The number of hydrogen-bond donors (Lipinski definition) is 1. The molecule has 1 aliphatic heterocycles. The maximum absolute atomic E-state index is 12.3. The van der Waals surface area contributed by atoms with Crippen molar-refractivity contribution >= 4 is 28.2 Å². The van der Waals surface area contributed by atoms with Gasteiger partial charge in [0.1, 0.15) is 11.6 Å². The van der Waals surface area contributed by atoms with Crippen molar-refractivity contribution in [2.75, 3.05) is 18.5 Å². The Morgan fingerprint density at radius 1 is 1.52 bits per heavy atom. The molecule has 1 amide bonds. The molecule has 132 valence electrons. The van der Waals surface area contributed by atoms with E-state index in [1.54, 1.807) is 19.1 Å². The Balaban J connectivity index is 1.72. The number of carbonyl (C=O) groups excluding carboxylic acids is 1. The van der Waals surface area contributed by atoms with E-state index < -0.39 is 11.0 Å². The standard InChI is InChI=1S/C17H19N3O5/c1-11(25-10-12-4-3-9-24-12)17(21)19-14-6-7-15(20(22)23)16-13(14)5-2-8-18-16/h2,5-8,11-12H,3-4,9-10H2,1H3,(H,19,21)/t11-,12+/m1/s1. The number of benzene rings is 1. The molecule has 3 rings (SSSR count). The molecule has 0 saturated carbocycles. The maximum Gasteiger partial charge on any atom is 0.295 e. The van der Waals surface area contributed by atoms with Gasteiger partial charge >= 0.3 is 0 Å². The molecule has 1 saturated heterocycles. The van der Waals surface area contributed by atoms with E-state index in [9.17, 15) is 14.9 Å². The molecular formula is C17H19N3O5. The minimum atomic E-state index is -0.661. The van der Waals surface area contributed by atoms with Crippen molar-refractivity contribution in [1.82, 2.24) is 4.98 Å². The van der Waals surface area contributed by atoms with Crippen LogP contribution in [-0.2, 0) is 14.3 Å². The molecule has 1 N–H and O–H groups in total. The zero-order valence-electron chi connectivity index (χ0n) is 13.8. The second kappa shape index (κ2) is 7.54. The summed E-state index contributed by atoms with van der Waals surface area (Å²) < 4.78 is 11.0. The van der Waals surface area contributed by atoms with Gasteiger partial charge in [0.2, 0.25) is 0 Å². The number of hydrogen-bond acceptors (Lipinski definition) is 6. The molecule has 1 aromatic heterocycles. The van der Waals surface area contributed by atoms with Gasteiger partial charge < -0.3 is 14.8 Å². The van der Waals surface area contributed by atoms with E-state index >= 15 is 0 Å². The van der Waals surface area contributed by atoms with Crippen LogP contribution in [0.1, 0.15) is 19.8 Å². The second-order valence-electron chi connectivity index (χ2n) is 5.89. The summed E-state index contributed by atoms with van der Waals surface area (Å²) >= 11 is 0. The molecule has 2 atom stereocenters. The summed E-state index contributed by atoms with van der Waals surface area (Å²) in [7, 11) is 0. The lowest BCUT2D eigenvalue weighted by atomic mass is 10.1.